The maximum Gasteiger partial charge on any atom is 0.341 e. The van der Waals surface area contributed by atoms with Gasteiger partial charge in [0.15, 0.2) is 0 Å². The molecule has 0 aliphatic carbocycles. The summed E-state index contributed by atoms with van der Waals surface area (Å²) in [4.78, 5) is 15.2. The van der Waals surface area contributed by atoms with Crippen molar-refractivity contribution in [1.29, 1.82) is 0 Å². The van der Waals surface area contributed by atoms with Crippen LogP contribution in [0.1, 0.15) is 6.92 Å². The molecule has 0 unspecified atom stereocenters. The summed E-state index contributed by atoms with van der Waals surface area (Å²) in [5, 5.41) is 8.84. The molecular weight excluding hydrogens is 297 g/mol. The molecule has 1 aromatic rings. The molecule has 1 aromatic carbocycles. The maximum absolute atomic E-state index is 13.1. The Labute approximate surface area is 105 Å². The molecule has 0 aromatic heterocycles. The van der Waals surface area contributed by atoms with E-state index in [0.29, 0.717) is 4.47 Å². The van der Waals surface area contributed by atoms with E-state index in [1.54, 1.807) is 0 Å². The van der Waals surface area contributed by atoms with Gasteiger partial charge in [0.2, 0.25) is 5.60 Å². The zero-order valence-electron chi connectivity index (χ0n) is 8.94. The largest absolute Gasteiger partial charge is 0.490 e. The molecule has 0 heterocycles. The predicted molar refractivity (Wildman–Crippen MR) is 60.9 cm³/mol. The summed E-state index contributed by atoms with van der Waals surface area (Å²) < 4.78 is 18.5. The molecule has 1 rings (SSSR count). The average molecular weight is 308 g/mol. The number of ether oxygens (including phenoxy) is 1. The Balaban J connectivity index is 2.73. The highest BCUT2D eigenvalue weighted by Crippen LogP contribution is 2.22. The third-order valence-electron chi connectivity index (χ3n) is 2.12. The molecule has 5 nitrogen and oxygen atoms in total. The van der Waals surface area contributed by atoms with Crippen LogP contribution in [0.2, 0.25) is 0 Å². The van der Waals surface area contributed by atoms with Crippen LogP contribution in [0.3, 0.4) is 0 Å². The number of carboxylic acid groups (broad SMARTS) is 1. The van der Waals surface area contributed by atoms with Crippen molar-refractivity contribution in [3.05, 3.63) is 28.5 Å². The number of halogens is 2. The molecule has 0 amide bonds. The number of aliphatic carboxylic acids is 1. The van der Waals surface area contributed by atoms with Crippen molar-refractivity contribution in [2.75, 3.05) is 6.61 Å². The van der Waals surface area contributed by atoms with E-state index in [1.807, 2.05) is 0 Å². The molecule has 3 N–H and O–H groups in total. The van der Waals surface area contributed by atoms with Crippen molar-refractivity contribution in [2.45, 2.75) is 12.5 Å². The molecule has 0 radical (unpaired) electrons. The first kappa shape index (κ1) is 13.9. The Kier molecular flexibility index (Phi) is 4.44. The second kappa shape index (κ2) is 5.44. The smallest absolute Gasteiger partial charge is 0.341 e. The maximum atomic E-state index is 13.1. The van der Waals surface area contributed by atoms with Gasteiger partial charge < -0.3 is 9.84 Å². The van der Waals surface area contributed by atoms with E-state index in [9.17, 15) is 9.18 Å². The Morgan fingerprint density at radius 2 is 2.29 bits per heavy atom. The normalized spacial score (nSPS) is 14.1. The first-order chi connectivity index (χ1) is 7.89. The van der Waals surface area contributed by atoms with Gasteiger partial charge in [0.25, 0.3) is 0 Å². The molecule has 1 atom stereocenters. The third-order valence-corrected chi connectivity index (χ3v) is 2.76. The van der Waals surface area contributed by atoms with Crippen LogP contribution in [0, 0.1) is 5.82 Å². The van der Waals surface area contributed by atoms with Crippen LogP contribution >= 0.6 is 15.9 Å². The van der Waals surface area contributed by atoms with Crippen molar-refractivity contribution in [1.82, 2.24) is 0 Å². The number of hydrogen-bond donors (Lipinski definition) is 2. The van der Waals surface area contributed by atoms with Crippen molar-refractivity contribution < 1.29 is 23.9 Å². The SMILES string of the molecule is C[C@@](COc1ccc(Br)c(F)c1)(ON)C(=O)O. The molecule has 0 spiro atoms. The number of nitrogens with two attached hydrogens (primary N) is 1. The third kappa shape index (κ3) is 3.39. The standard InChI is InChI=1S/C10H11BrFNO4/c1-10(17-13,9(14)15)5-16-6-2-3-7(11)8(12)4-6/h2-4H,5,13H2,1H3,(H,14,15)/t10-/m0/s1. The number of benzene rings is 1. The highest BCUT2D eigenvalue weighted by Gasteiger charge is 2.35. The van der Waals surface area contributed by atoms with Crippen molar-refractivity contribution >= 4 is 21.9 Å². The Bertz CT molecular complexity index is 429. The molecule has 17 heavy (non-hydrogen) atoms. The number of rotatable bonds is 5. The van der Waals surface area contributed by atoms with Crippen LogP contribution in [0.25, 0.3) is 0 Å². The Morgan fingerprint density at radius 3 is 2.76 bits per heavy atom. The fraction of sp³-hybridized carbons (Fsp3) is 0.300. The molecule has 0 saturated carbocycles. The first-order valence-corrected chi connectivity index (χ1v) is 5.37. The minimum absolute atomic E-state index is 0.190. The highest BCUT2D eigenvalue weighted by atomic mass is 79.9. The average Bonchev–Trinajstić information content (AvgIpc) is 2.30. The minimum Gasteiger partial charge on any atom is -0.490 e. The second-order valence-corrected chi connectivity index (χ2v) is 4.37. The van der Waals surface area contributed by atoms with E-state index in [0.717, 1.165) is 6.07 Å². The summed E-state index contributed by atoms with van der Waals surface area (Å²) in [6, 6.07) is 4.07. The summed E-state index contributed by atoms with van der Waals surface area (Å²) in [6.45, 7) is 0.921. The zero-order chi connectivity index (χ0) is 13.1. The van der Waals surface area contributed by atoms with Gasteiger partial charge in [-0.25, -0.2) is 15.1 Å². The lowest BCUT2D eigenvalue weighted by atomic mass is 10.1. The van der Waals surface area contributed by atoms with Crippen LogP contribution in [-0.4, -0.2) is 23.3 Å². The van der Waals surface area contributed by atoms with E-state index in [-0.39, 0.29) is 12.4 Å². The fourth-order valence-electron chi connectivity index (χ4n) is 0.934. The number of carbonyl (C=O) groups is 1. The summed E-state index contributed by atoms with van der Waals surface area (Å²) in [5.41, 5.74) is -1.68. The molecule has 0 saturated heterocycles. The topological polar surface area (TPSA) is 81.8 Å². The second-order valence-electron chi connectivity index (χ2n) is 3.52. The molecule has 94 valence electrons. The van der Waals surface area contributed by atoms with Gasteiger partial charge in [-0.05, 0) is 35.0 Å². The quantitative estimate of drug-likeness (QED) is 0.809. The lowest BCUT2D eigenvalue weighted by molar-refractivity contribution is -0.168. The van der Waals surface area contributed by atoms with Gasteiger partial charge in [-0.2, -0.15) is 0 Å². The monoisotopic (exact) mass is 307 g/mol. The van der Waals surface area contributed by atoms with E-state index in [2.05, 4.69) is 20.8 Å². The van der Waals surface area contributed by atoms with Gasteiger partial charge in [0.05, 0.1) is 4.47 Å². The van der Waals surface area contributed by atoms with Gasteiger partial charge in [-0.15, -0.1) is 0 Å². The van der Waals surface area contributed by atoms with Crippen LogP contribution in [0.4, 0.5) is 4.39 Å². The van der Waals surface area contributed by atoms with Crippen molar-refractivity contribution in [3.63, 3.8) is 0 Å². The Hall–Kier alpha value is -1.18. The van der Waals surface area contributed by atoms with Crippen LogP contribution in [-0.2, 0) is 9.63 Å². The van der Waals surface area contributed by atoms with Crippen LogP contribution in [0.5, 0.6) is 5.75 Å². The lowest BCUT2D eigenvalue weighted by Crippen LogP contribution is -2.46. The highest BCUT2D eigenvalue weighted by molar-refractivity contribution is 9.10. The lowest BCUT2D eigenvalue weighted by Gasteiger charge is -2.22. The van der Waals surface area contributed by atoms with Gasteiger partial charge in [0, 0.05) is 6.07 Å². The molecular formula is C10H11BrFNO4. The number of carboxylic acids is 1. The summed E-state index contributed by atoms with van der Waals surface area (Å²) >= 11 is 2.99. The summed E-state index contributed by atoms with van der Waals surface area (Å²) in [6.07, 6.45) is 0. The predicted octanol–water partition coefficient (Wildman–Crippen LogP) is 1.70. The van der Waals surface area contributed by atoms with Gasteiger partial charge in [-0.3, -0.25) is 4.84 Å². The molecule has 0 bridgehead atoms. The summed E-state index contributed by atoms with van der Waals surface area (Å²) in [5.74, 6) is 3.30. The molecule has 0 aliphatic heterocycles. The number of hydrogen-bond acceptors (Lipinski definition) is 4. The van der Waals surface area contributed by atoms with E-state index < -0.39 is 17.4 Å². The van der Waals surface area contributed by atoms with Gasteiger partial charge in [0.1, 0.15) is 18.2 Å². The van der Waals surface area contributed by atoms with Crippen molar-refractivity contribution in [2.24, 2.45) is 5.90 Å². The Morgan fingerprint density at radius 1 is 1.65 bits per heavy atom. The fourth-order valence-corrected chi connectivity index (χ4v) is 1.18. The summed E-state index contributed by atoms with van der Waals surface area (Å²) in [7, 11) is 0. The molecule has 0 fully saturated rings. The van der Waals surface area contributed by atoms with Gasteiger partial charge >= 0.3 is 5.97 Å². The minimum atomic E-state index is -1.68. The van der Waals surface area contributed by atoms with Crippen LogP contribution < -0.4 is 10.6 Å². The van der Waals surface area contributed by atoms with Gasteiger partial charge in [-0.1, -0.05) is 0 Å². The van der Waals surface area contributed by atoms with E-state index >= 15 is 0 Å². The first-order valence-electron chi connectivity index (χ1n) is 4.58. The zero-order valence-corrected chi connectivity index (χ0v) is 10.5. The van der Waals surface area contributed by atoms with Crippen LogP contribution in [0.15, 0.2) is 22.7 Å². The van der Waals surface area contributed by atoms with E-state index in [1.165, 1.54) is 19.1 Å². The molecule has 7 heteroatoms. The molecule has 0 aliphatic rings. The van der Waals surface area contributed by atoms with E-state index in [4.69, 9.17) is 15.7 Å². The van der Waals surface area contributed by atoms with Crippen molar-refractivity contribution in [3.8, 4) is 5.75 Å².